The van der Waals surface area contributed by atoms with E-state index >= 15 is 0 Å². The molecule has 100 valence electrons. The van der Waals surface area contributed by atoms with Gasteiger partial charge in [0.1, 0.15) is 5.75 Å². The zero-order valence-electron chi connectivity index (χ0n) is 10.4. The van der Waals surface area contributed by atoms with Crippen LogP contribution in [0.2, 0.25) is 0 Å². The predicted octanol–water partition coefficient (Wildman–Crippen LogP) is 4.34. The van der Waals surface area contributed by atoms with Gasteiger partial charge in [0.15, 0.2) is 0 Å². The number of benzene rings is 2. The summed E-state index contributed by atoms with van der Waals surface area (Å²) in [4.78, 5) is 0. The van der Waals surface area contributed by atoms with Gasteiger partial charge in [-0.15, -0.1) is 0 Å². The Labute approximate surface area is 135 Å². The lowest BCUT2D eigenvalue weighted by atomic mass is 10.0. The van der Waals surface area contributed by atoms with E-state index in [1.165, 1.54) is 3.57 Å². The standard InChI is InChI=1S/C15H14BrIO2/c1-19-12-6-7-14(16)13(9-12)15(18)8-10-2-4-11(17)5-3-10/h2-7,9,15,18H,8H2,1H3. The topological polar surface area (TPSA) is 29.5 Å². The average molecular weight is 433 g/mol. The first-order valence-corrected chi connectivity index (χ1v) is 7.73. The summed E-state index contributed by atoms with van der Waals surface area (Å²) in [6, 6.07) is 13.8. The minimum atomic E-state index is -0.551. The first kappa shape index (κ1) is 14.8. The van der Waals surface area contributed by atoms with Gasteiger partial charge in [-0.1, -0.05) is 28.1 Å². The van der Waals surface area contributed by atoms with Crippen molar-refractivity contribution in [1.82, 2.24) is 0 Å². The number of hydrogen-bond donors (Lipinski definition) is 1. The third kappa shape index (κ3) is 3.94. The number of rotatable bonds is 4. The van der Waals surface area contributed by atoms with Crippen LogP contribution in [0, 0.1) is 3.57 Å². The number of ether oxygens (including phenoxy) is 1. The van der Waals surface area contributed by atoms with Crippen molar-refractivity contribution < 1.29 is 9.84 Å². The van der Waals surface area contributed by atoms with Gasteiger partial charge in [-0.05, 0) is 64.0 Å². The van der Waals surface area contributed by atoms with E-state index in [9.17, 15) is 5.11 Å². The Bertz CT molecular complexity index is 555. The predicted molar refractivity (Wildman–Crippen MR) is 88.5 cm³/mol. The average Bonchev–Trinajstić information content (AvgIpc) is 2.42. The largest absolute Gasteiger partial charge is 0.497 e. The van der Waals surface area contributed by atoms with Gasteiger partial charge in [-0.3, -0.25) is 0 Å². The van der Waals surface area contributed by atoms with Crippen LogP contribution in [0.5, 0.6) is 5.75 Å². The lowest BCUT2D eigenvalue weighted by Crippen LogP contribution is -2.03. The molecule has 0 heterocycles. The van der Waals surface area contributed by atoms with Crippen molar-refractivity contribution in [3.8, 4) is 5.75 Å². The maximum absolute atomic E-state index is 10.4. The molecule has 2 rings (SSSR count). The van der Waals surface area contributed by atoms with E-state index in [1.807, 2.05) is 42.5 Å². The molecule has 0 aliphatic carbocycles. The molecule has 0 aliphatic heterocycles. The van der Waals surface area contributed by atoms with Crippen LogP contribution < -0.4 is 4.74 Å². The highest BCUT2D eigenvalue weighted by atomic mass is 127. The molecule has 0 amide bonds. The van der Waals surface area contributed by atoms with Crippen LogP contribution in [0.15, 0.2) is 46.9 Å². The third-order valence-electron chi connectivity index (χ3n) is 2.90. The van der Waals surface area contributed by atoms with Crippen LogP contribution in [0.25, 0.3) is 0 Å². The smallest absolute Gasteiger partial charge is 0.119 e. The van der Waals surface area contributed by atoms with E-state index in [0.29, 0.717) is 6.42 Å². The summed E-state index contributed by atoms with van der Waals surface area (Å²) in [5.41, 5.74) is 1.96. The summed E-state index contributed by atoms with van der Waals surface area (Å²) >= 11 is 5.74. The van der Waals surface area contributed by atoms with Crippen LogP contribution in [-0.4, -0.2) is 12.2 Å². The van der Waals surface area contributed by atoms with Crippen LogP contribution in [0.4, 0.5) is 0 Å². The molecule has 19 heavy (non-hydrogen) atoms. The van der Waals surface area contributed by atoms with E-state index in [1.54, 1.807) is 7.11 Å². The van der Waals surface area contributed by atoms with Gasteiger partial charge in [0, 0.05) is 14.5 Å². The molecule has 1 atom stereocenters. The number of methoxy groups -OCH3 is 1. The van der Waals surface area contributed by atoms with Crippen molar-refractivity contribution in [1.29, 1.82) is 0 Å². The molecular weight excluding hydrogens is 419 g/mol. The van der Waals surface area contributed by atoms with Gasteiger partial charge in [-0.25, -0.2) is 0 Å². The molecule has 0 bridgehead atoms. The molecule has 1 N–H and O–H groups in total. The Balaban J connectivity index is 2.19. The highest BCUT2D eigenvalue weighted by Gasteiger charge is 2.13. The van der Waals surface area contributed by atoms with Crippen molar-refractivity contribution in [2.24, 2.45) is 0 Å². The number of hydrogen-bond acceptors (Lipinski definition) is 2. The Kier molecular flexibility index (Phi) is 5.24. The van der Waals surface area contributed by atoms with Crippen molar-refractivity contribution >= 4 is 38.5 Å². The highest BCUT2D eigenvalue weighted by Crippen LogP contribution is 2.29. The Morgan fingerprint density at radius 1 is 1.21 bits per heavy atom. The van der Waals surface area contributed by atoms with Gasteiger partial charge in [0.2, 0.25) is 0 Å². The Hall–Kier alpha value is -0.590. The molecule has 0 saturated heterocycles. The second-order valence-corrected chi connectivity index (χ2v) is 6.33. The van der Waals surface area contributed by atoms with Gasteiger partial charge in [0.25, 0.3) is 0 Å². The molecule has 4 heteroatoms. The fourth-order valence-electron chi connectivity index (χ4n) is 1.86. The molecule has 2 nitrogen and oxygen atoms in total. The molecule has 0 radical (unpaired) electrons. The molecule has 0 spiro atoms. The summed E-state index contributed by atoms with van der Waals surface area (Å²) in [7, 11) is 1.62. The summed E-state index contributed by atoms with van der Waals surface area (Å²) in [6.07, 6.45) is 0.0346. The summed E-state index contributed by atoms with van der Waals surface area (Å²) in [5, 5.41) is 10.4. The van der Waals surface area contributed by atoms with Crippen LogP contribution in [0.1, 0.15) is 17.2 Å². The summed E-state index contributed by atoms with van der Waals surface area (Å²) < 4.78 is 7.28. The van der Waals surface area contributed by atoms with E-state index in [0.717, 1.165) is 21.3 Å². The van der Waals surface area contributed by atoms with E-state index in [2.05, 4.69) is 38.5 Å². The van der Waals surface area contributed by atoms with E-state index in [4.69, 9.17) is 4.74 Å². The second-order valence-electron chi connectivity index (χ2n) is 4.23. The van der Waals surface area contributed by atoms with Crippen LogP contribution in [-0.2, 0) is 6.42 Å². The van der Waals surface area contributed by atoms with Crippen LogP contribution >= 0.6 is 38.5 Å². The molecule has 1 unspecified atom stereocenters. The molecule has 2 aromatic carbocycles. The van der Waals surface area contributed by atoms with Gasteiger partial charge in [-0.2, -0.15) is 0 Å². The number of aliphatic hydroxyl groups is 1. The maximum atomic E-state index is 10.4. The monoisotopic (exact) mass is 432 g/mol. The van der Waals surface area contributed by atoms with Crippen molar-refractivity contribution in [2.45, 2.75) is 12.5 Å². The van der Waals surface area contributed by atoms with Crippen molar-refractivity contribution in [3.05, 3.63) is 61.6 Å². The first-order chi connectivity index (χ1) is 9.10. The Morgan fingerprint density at radius 3 is 2.53 bits per heavy atom. The molecule has 2 aromatic rings. The number of aliphatic hydroxyl groups excluding tert-OH is 1. The molecule has 0 aliphatic rings. The number of halogens is 2. The molecule has 0 saturated carbocycles. The van der Waals surface area contributed by atoms with Crippen molar-refractivity contribution in [2.75, 3.05) is 7.11 Å². The quantitative estimate of drug-likeness (QED) is 0.728. The van der Waals surface area contributed by atoms with Crippen LogP contribution in [0.3, 0.4) is 0 Å². The Morgan fingerprint density at radius 2 is 1.89 bits per heavy atom. The zero-order valence-corrected chi connectivity index (χ0v) is 14.2. The maximum Gasteiger partial charge on any atom is 0.119 e. The van der Waals surface area contributed by atoms with Gasteiger partial charge in [0.05, 0.1) is 13.2 Å². The van der Waals surface area contributed by atoms with Gasteiger partial charge >= 0.3 is 0 Å². The molecular formula is C15H14BrIO2. The second kappa shape index (κ2) is 6.72. The highest BCUT2D eigenvalue weighted by molar-refractivity contribution is 14.1. The molecule has 0 aromatic heterocycles. The normalized spacial score (nSPS) is 12.2. The summed E-state index contributed by atoms with van der Waals surface area (Å²) in [5.74, 6) is 0.750. The van der Waals surface area contributed by atoms with E-state index in [-0.39, 0.29) is 0 Å². The molecule has 0 fully saturated rings. The third-order valence-corrected chi connectivity index (χ3v) is 4.35. The minimum absolute atomic E-state index is 0.551. The first-order valence-electron chi connectivity index (χ1n) is 5.86. The lowest BCUT2D eigenvalue weighted by Gasteiger charge is -2.14. The lowest BCUT2D eigenvalue weighted by molar-refractivity contribution is 0.177. The van der Waals surface area contributed by atoms with Crippen molar-refractivity contribution in [3.63, 3.8) is 0 Å². The zero-order chi connectivity index (χ0) is 13.8. The summed E-state index contributed by atoms with van der Waals surface area (Å²) in [6.45, 7) is 0. The fraction of sp³-hybridized carbons (Fsp3) is 0.200. The minimum Gasteiger partial charge on any atom is -0.497 e. The SMILES string of the molecule is COc1ccc(Br)c(C(O)Cc2ccc(I)cc2)c1. The fourth-order valence-corrected chi connectivity index (χ4v) is 2.73. The van der Waals surface area contributed by atoms with Gasteiger partial charge < -0.3 is 9.84 Å². The van der Waals surface area contributed by atoms with E-state index < -0.39 is 6.10 Å².